The minimum absolute atomic E-state index is 0.0461. The molecule has 0 saturated carbocycles. The first kappa shape index (κ1) is 17.3. The van der Waals surface area contributed by atoms with E-state index in [0.717, 1.165) is 0 Å². The topological polar surface area (TPSA) is 77.0 Å². The monoisotopic (exact) mass is 337 g/mol. The van der Waals surface area contributed by atoms with E-state index in [1.165, 1.54) is 20.3 Å². The molecule has 0 fully saturated rings. The van der Waals surface area contributed by atoms with Crippen molar-refractivity contribution in [2.24, 2.45) is 0 Å². The highest BCUT2D eigenvalue weighted by atomic mass is 31.2. The largest absolute Gasteiger partial charge is 0.506 e. The van der Waals surface area contributed by atoms with Crippen molar-refractivity contribution in [1.29, 1.82) is 0 Å². The molecule has 0 aliphatic heterocycles. The molecule has 2 aromatic rings. The third-order valence-electron chi connectivity index (χ3n) is 3.45. The molecule has 0 aliphatic rings. The molecule has 6 nitrogen and oxygen atoms in total. The fourth-order valence-electron chi connectivity index (χ4n) is 2.16. The van der Waals surface area contributed by atoms with Crippen LogP contribution in [0.4, 0.5) is 5.69 Å². The number of hydrogen-bond donors (Lipinski definition) is 2. The van der Waals surface area contributed by atoms with E-state index >= 15 is 0 Å². The van der Waals surface area contributed by atoms with Gasteiger partial charge in [-0.3, -0.25) is 4.57 Å². The van der Waals surface area contributed by atoms with E-state index < -0.39 is 13.4 Å². The number of rotatable bonds is 7. The van der Waals surface area contributed by atoms with Crippen LogP contribution in [0.5, 0.6) is 11.5 Å². The Hall–Kier alpha value is -2.01. The molecule has 0 amide bonds. The SMILES string of the molecule is COc1ccc(C(Nc2ccccc2O)P(=O)(OC)OC)cc1. The van der Waals surface area contributed by atoms with Crippen LogP contribution in [0.2, 0.25) is 0 Å². The highest BCUT2D eigenvalue weighted by Crippen LogP contribution is 2.60. The molecule has 0 radical (unpaired) electrons. The molecule has 0 aliphatic carbocycles. The Labute approximate surface area is 135 Å². The van der Waals surface area contributed by atoms with Crippen LogP contribution >= 0.6 is 7.60 Å². The smallest absolute Gasteiger partial charge is 0.356 e. The lowest BCUT2D eigenvalue weighted by molar-refractivity contribution is 0.268. The molecular formula is C16H20NO5P. The van der Waals surface area contributed by atoms with Gasteiger partial charge < -0.3 is 24.2 Å². The minimum atomic E-state index is -3.49. The fraction of sp³-hybridized carbons (Fsp3) is 0.250. The first-order valence-electron chi connectivity index (χ1n) is 6.93. The summed E-state index contributed by atoms with van der Waals surface area (Å²) in [5.41, 5.74) is 1.11. The molecule has 2 rings (SSSR count). The molecule has 7 heteroatoms. The van der Waals surface area contributed by atoms with Crippen LogP contribution in [0.15, 0.2) is 48.5 Å². The molecule has 2 N–H and O–H groups in total. The van der Waals surface area contributed by atoms with E-state index in [1.807, 2.05) is 0 Å². The van der Waals surface area contributed by atoms with Gasteiger partial charge in [-0.15, -0.1) is 0 Å². The Morgan fingerprint density at radius 3 is 2.13 bits per heavy atom. The van der Waals surface area contributed by atoms with Gasteiger partial charge in [0.2, 0.25) is 0 Å². The standard InChI is InChI=1S/C16H20NO5P/c1-20-13-10-8-12(9-11-13)16(23(19,21-2)22-3)17-14-6-4-5-7-15(14)18/h4-11,16-18H,1-3H3. The molecular weight excluding hydrogens is 317 g/mol. The Balaban J connectivity index is 2.43. The second kappa shape index (κ2) is 7.51. The zero-order valence-corrected chi connectivity index (χ0v) is 14.1. The summed E-state index contributed by atoms with van der Waals surface area (Å²) in [6, 6.07) is 13.7. The lowest BCUT2D eigenvalue weighted by atomic mass is 10.2. The van der Waals surface area contributed by atoms with Crippen molar-refractivity contribution in [1.82, 2.24) is 0 Å². The Morgan fingerprint density at radius 2 is 1.61 bits per heavy atom. The first-order chi connectivity index (χ1) is 11.0. The Morgan fingerprint density at radius 1 is 1.00 bits per heavy atom. The van der Waals surface area contributed by atoms with E-state index in [9.17, 15) is 9.67 Å². The summed E-state index contributed by atoms with van der Waals surface area (Å²) in [4.78, 5) is 0. The molecule has 0 spiro atoms. The number of ether oxygens (including phenoxy) is 1. The maximum Gasteiger partial charge on any atom is 0.356 e. The summed E-state index contributed by atoms with van der Waals surface area (Å²) < 4.78 is 28.3. The summed E-state index contributed by atoms with van der Waals surface area (Å²) in [5, 5.41) is 13.0. The molecule has 0 aromatic heterocycles. The van der Waals surface area contributed by atoms with Crippen molar-refractivity contribution in [3.8, 4) is 11.5 Å². The predicted molar refractivity (Wildman–Crippen MR) is 89.1 cm³/mol. The van der Waals surface area contributed by atoms with Gasteiger partial charge in [0.05, 0.1) is 12.8 Å². The van der Waals surface area contributed by atoms with Crippen molar-refractivity contribution in [2.45, 2.75) is 5.78 Å². The van der Waals surface area contributed by atoms with Gasteiger partial charge in [-0.1, -0.05) is 24.3 Å². The second-order valence-electron chi connectivity index (χ2n) is 4.74. The summed E-state index contributed by atoms with van der Waals surface area (Å²) in [5.74, 6) is -0.0544. The van der Waals surface area contributed by atoms with Gasteiger partial charge in [0.1, 0.15) is 11.5 Å². The third kappa shape index (κ3) is 3.85. The predicted octanol–water partition coefficient (Wildman–Crippen LogP) is 4.00. The van der Waals surface area contributed by atoms with E-state index in [4.69, 9.17) is 13.8 Å². The first-order valence-corrected chi connectivity index (χ1v) is 8.55. The van der Waals surface area contributed by atoms with E-state index in [0.29, 0.717) is 17.0 Å². The van der Waals surface area contributed by atoms with Gasteiger partial charge in [-0.2, -0.15) is 0 Å². The second-order valence-corrected chi connectivity index (χ2v) is 7.07. The van der Waals surface area contributed by atoms with Crippen LogP contribution in [-0.4, -0.2) is 26.4 Å². The van der Waals surface area contributed by atoms with Gasteiger partial charge >= 0.3 is 7.60 Å². The molecule has 0 heterocycles. The highest BCUT2D eigenvalue weighted by molar-refractivity contribution is 7.54. The fourth-order valence-corrected chi connectivity index (χ4v) is 3.56. The quantitative estimate of drug-likeness (QED) is 0.587. The number of benzene rings is 2. The minimum Gasteiger partial charge on any atom is -0.506 e. The van der Waals surface area contributed by atoms with Crippen molar-refractivity contribution < 1.29 is 23.5 Å². The van der Waals surface area contributed by atoms with E-state index in [2.05, 4.69) is 5.32 Å². The van der Waals surface area contributed by atoms with Crippen LogP contribution in [-0.2, 0) is 13.6 Å². The van der Waals surface area contributed by atoms with Crippen LogP contribution in [0.1, 0.15) is 11.3 Å². The number of methoxy groups -OCH3 is 1. The summed E-state index contributed by atoms with van der Waals surface area (Å²) in [6.45, 7) is 0. The molecule has 1 unspecified atom stereocenters. The maximum absolute atomic E-state index is 12.9. The molecule has 0 bridgehead atoms. The van der Waals surface area contributed by atoms with Crippen LogP contribution < -0.4 is 10.1 Å². The summed E-state index contributed by atoms with van der Waals surface area (Å²) in [7, 11) is 0.740. The van der Waals surface area contributed by atoms with Gasteiger partial charge in [0.25, 0.3) is 0 Å². The van der Waals surface area contributed by atoms with Gasteiger partial charge in [0.15, 0.2) is 5.78 Å². The third-order valence-corrected chi connectivity index (χ3v) is 5.53. The van der Waals surface area contributed by atoms with Crippen molar-refractivity contribution in [3.05, 3.63) is 54.1 Å². The van der Waals surface area contributed by atoms with E-state index in [1.54, 1.807) is 49.6 Å². The van der Waals surface area contributed by atoms with Crippen LogP contribution in [0.3, 0.4) is 0 Å². The number of hydrogen-bond acceptors (Lipinski definition) is 6. The Bertz CT molecular complexity index is 681. The number of para-hydroxylation sites is 2. The molecule has 124 valence electrons. The lowest BCUT2D eigenvalue weighted by Gasteiger charge is -2.26. The lowest BCUT2D eigenvalue weighted by Crippen LogP contribution is -2.13. The average Bonchev–Trinajstić information content (AvgIpc) is 2.60. The summed E-state index contributed by atoms with van der Waals surface area (Å²) >= 11 is 0. The Kier molecular flexibility index (Phi) is 5.66. The molecule has 0 saturated heterocycles. The van der Waals surface area contributed by atoms with Crippen LogP contribution in [0.25, 0.3) is 0 Å². The molecule has 23 heavy (non-hydrogen) atoms. The highest BCUT2D eigenvalue weighted by Gasteiger charge is 2.36. The van der Waals surface area contributed by atoms with Gasteiger partial charge in [-0.05, 0) is 29.8 Å². The number of phenols is 1. The normalized spacial score (nSPS) is 12.7. The number of aromatic hydroxyl groups is 1. The zero-order valence-electron chi connectivity index (χ0n) is 13.2. The van der Waals surface area contributed by atoms with E-state index in [-0.39, 0.29) is 5.75 Å². The molecule has 2 aromatic carbocycles. The van der Waals surface area contributed by atoms with Crippen LogP contribution in [0, 0.1) is 0 Å². The molecule has 1 atom stereocenters. The van der Waals surface area contributed by atoms with Gasteiger partial charge in [0, 0.05) is 14.2 Å². The summed E-state index contributed by atoms with van der Waals surface area (Å²) in [6.07, 6.45) is 0. The average molecular weight is 337 g/mol. The zero-order chi connectivity index (χ0) is 16.9. The van der Waals surface area contributed by atoms with Crippen molar-refractivity contribution >= 4 is 13.3 Å². The van der Waals surface area contributed by atoms with Crippen molar-refractivity contribution in [2.75, 3.05) is 26.6 Å². The number of phenolic OH excluding ortho intramolecular Hbond substituents is 1. The van der Waals surface area contributed by atoms with Crippen molar-refractivity contribution in [3.63, 3.8) is 0 Å². The maximum atomic E-state index is 12.9. The number of nitrogens with one attached hydrogen (secondary N) is 1. The number of anilines is 1. The van der Waals surface area contributed by atoms with Gasteiger partial charge in [-0.25, -0.2) is 0 Å².